The second-order valence-electron chi connectivity index (χ2n) is 10.6. The number of amides is 3. The lowest BCUT2D eigenvalue weighted by Gasteiger charge is -2.34. The molecule has 1 heterocycles. The summed E-state index contributed by atoms with van der Waals surface area (Å²) < 4.78 is 5.28. The number of carbonyl (C=O) groups is 4. The molecule has 1 saturated heterocycles. The van der Waals surface area contributed by atoms with Gasteiger partial charge in [0, 0.05) is 6.54 Å². The van der Waals surface area contributed by atoms with Gasteiger partial charge in [0.15, 0.2) is 5.78 Å². The van der Waals surface area contributed by atoms with Gasteiger partial charge in [-0.3, -0.25) is 14.4 Å². The molecule has 1 fully saturated rings. The SMILES string of the molecule is C=CC(C)C[C@](C)(NC(=O)C1CC(C)CN1C(=O)[C@@H](NC(=O)OC(C)(C)C)C(=C)C)C(C)=O. The van der Waals surface area contributed by atoms with Crippen molar-refractivity contribution >= 4 is 23.7 Å². The molecule has 1 aliphatic rings. The number of hydrogen-bond acceptors (Lipinski definition) is 5. The first-order valence-corrected chi connectivity index (χ1v) is 11.4. The average Bonchev–Trinajstić information content (AvgIpc) is 3.05. The molecule has 5 atom stereocenters. The highest BCUT2D eigenvalue weighted by Crippen LogP contribution is 2.27. The van der Waals surface area contributed by atoms with Crippen LogP contribution in [0.1, 0.15) is 68.2 Å². The normalized spacial score (nSPS) is 21.9. The Hall–Kier alpha value is -2.64. The van der Waals surface area contributed by atoms with Crippen LogP contribution in [0.4, 0.5) is 4.79 Å². The molecule has 0 spiro atoms. The van der Waals surface area contributed by atoms with Crippen LogP contribution in [0.2, 0.25) is 0 Å². The molecule has 1 rings (SSSR count). The van der Waals surface area contributed by atoms with Crippen LogP contribution < -0.4 is 10.6 Å². The van der Waals surface area contributed by atoms with E-state index >= 15 is 0 Å². The van der Waals surface area contributed by atoms with Crippen LogP contribution in [0.5, 0.6) is 0 Å². The van der Waals surface area contributed by atoms with E-state index in [1.165, 1.54) is 11.8 Å². The van der Waals surface area contributed by atoms with Crippen molar-refractivity contribution in [2.24, 2.45) is 11.8 Å². The molecule has 0 aromatic carbocycles. The molecule has 0 bridgehead atoms. The Kier molecular flexibility index (Phi) is 9.45. The summed E-state index contributed by atoms with van der Waals surface area (Å²) in [5, 5.41) is 5.46. The third-order valence-corrected chi connectivity index (χ3v) is 5.81. The van der Waals surface area contributed by atoms with Crippen LogP contribution in [0.15, 0.2) is 24.8 Å². The number of rotatable bonds is 9. The van der Waals surface area contributed by atoms with E-state index in [9.17, 15) is 19.2 Å². The average molecular weight is 464 g/mol. The van der Waals surface area contributed by atoms with E-state index < -0.39 is 35.2 Å². The number of alkyl carbamates (subject to hydrolysis) is 1. The van der Waals surface area contributed by atoms with Gasteiger partial charge in [0.25, 0.3) is 0 Å². The molecule has 0 aromatic heterocycles. The minimum atomic E-state index is -1.08. The molecule has 0 aliphatic carbocycles. The molecule has 1 aliphatic heterocycles. The molecule has 8 heteroatoms. The molecule has 3 amide bonds. The fraction of sp³-hybridized carbons (Fsp3) is 0.680. The number of ketones is 1. The predicted molar refractivity (Wildman–Crippen MR) is 128 cm³/mol. The molecule has 8 nitrogen and oxygen atoms in total. The second kappa shape index (κ2) is 11.0. The van der Waals surface area contributed by atoms with Crippen molar-refractivity contribution in [3.63, 3.8) is 0 Å². The van der Waals surface area contributed by atoms with E-state index in [0.717, 1.165) is 0 Å². The molecule has 3 unspecified atom stereocenters. The summed E-state index contributed by atoms with van der Waals surface area (Å²) in [7, 11) is 0. The predicted octanol–water partition coefficient (Wildman–Crippen LogP) is 3.37. The number of carbonyl (C=O) groups excluding carboxylic acids is 4. The third-order valence-electron chi connectivity index (χ3n) is 5.81. The van der Waals surface area contributed by atoms with Crippen LogP contribution in [0.3, 0.4) is 0 Å². The first kappa shape index (κ1) is 28.4. The van der Waals surface area contributed by atoms with Crippen molar-refractivity contribution in [3.8, 4) is 0 Å². The zero-order valence-electron chi connectivity index (χ0n) is 21.4. The summed E-state index contributed by atoms with van der Waals surface area (Å²) in [6.07, 6.45) is 1.86. The molecule has 0 aromatic rings. The highest BCUT2D eigenvalue weighted by Gasteiger charge is 2.43. The van der Waals surface area contributed by atoms with Gasteiger partial charge in [-0.2, -0.15) is 0 Å². The van der Waals surface area contributed by atoms with Crippen LogP contribution in [0.25, 0.3) is 0 Å². The van der Waals surface area contributed by atoms with Gasteiger partial charge < -0.3 is 20.3 Å². The Morgan fingerprint density at radius 3 is 2.21 bits per heavy atom. The Balaban J connectivity index is 3.10. The van der Waals surface area contributed by atoms with Gasteiger partial charge in [-0.05, 0) is 71.8 Å². The molecule has 0 saturated carbocycles. The zero-order chi connectivity index (χ0) is 25.7. The van der Waals surface area contributed by atoms with E-state index in [0.29, 0.717) is 25.0 Å². The van der Waals surface area contributed by atoms with E-state index in [4.69, 9.17) is 4.74 Å². The van der Waals surface area contributed by atoms with E-state index in [2.05, 4.69) is 23.8 Å². The van der Waals surface area contributed by atoms with Crippen LogP contribution in [-0.2, 0) is 19.1 Å². The first-order valence-electron chi connectivity index (χ1n) is 11.4. The maximum Gasteiger partial charge on any atom is 0.408 e. The third kappa shape index (κ3) is 8.02. The molecule has 33 heavy (non-hydrogen) atoms. The number of ether oxygens (including phenoxy) is 1. The number of nitrogens with zero attached hydrogens (tertiary/aromatic N) is 1. The van der Waals surface area contributed by atoms with Gasteiger partial charge in [0.1, 0.15) is 17.7 Å². The summed E-state index contributed by atoms with van der Waals surface area (Å²) in [4.78, 5) is 52.8. The summed E-state index contributed by atoms with van der Waals surface area (Å²) in [6.45, 7) is 21.8. The topological polar surface area (TPSA) is 105 Å². The Morgan fingerprint density at radius 1 is 1.18 bits per heavy atom. The smallest absolute Gasteiger partial charge is 0.408 e. The lowest BCUT2D eigenvalue weighted by molar-refractivity contribution is -0.141. The molecular weight excluding hydrogens is 422 g/mol. The Labute approximate surface area is 198 Å². The summed E-state index contributed by atoms with van der Waals surface area (Å²) in [6, 6.07) is -1.78. The quantitative estimate of drug-likeness (QED) is 0.510. The van der Waals surface area contributed by atoms with Gasteiger partial charge in [-0.1, -0.05) is 26.5 Å². The summed E-state index contributed by atoms with van der Waals surface area (Å²) in [5.41, 5.74) is -1.37. The molecule has 186 valence electrons. The largest absolute Gasteiger partial charge is 0.444 e. The highest BCUT2D eigenvalue weighted by atomic mass is 16.6. The van der Waals surface area contributed by atoms with Crippen molar-refractivity contribution in [1.29, 1.82) is 0 Å². The van der Waals surface area contributed by atoms with Crippen molar-refractivity contribution in [2.45, 2.75) is 91.5 Å². The van der Waals surface area contributed by atoms with E-state index in [1.54, 1.807) is 40.7 Å². The van der Waals surface area contributed by atoms with Gasteiger partial charge in [-0.15, -0.1) is 6.58 Å². The number of allylic oxidation sites excluding steroid dienone is 1. The number of Topliss-reactive ketones (excluding diaryl/α,β-unsaturated/α-hetero) is 1. The first-order chi connectivity index (χ1) is 15.0. The zero-order valence-corrected chi connectivity index (χ0v) is 21.4. The number of nitrogens with one attached hydrogen (secondary N) is 2. The molecular formula is C25H41N3O5. The summed E-state index contributed by atoms with van der Waals surface area (Å²) in [5.74, 6) is -0.890. The minimum Gasteiger partial charge on any atom is -0.444 e. The van der Waals surface area contributed by atoms with Gasteiger partial charge in [0.05, 0.1) is 5.54 Å². The lowest BCUT2D eigenvalue weighted by atomic mass is 9.86. The molecule has 0 radical (unpaired) electrons. The Morgan fingerprint density at radius 2 is 1.76 bits per heavy atom. The van der Waals surface area contributed by atoms with Gasteiger partial charge >= 0.3 is 6.09 Å². The maximum absolute atomic E-state index is 13.4. The van der Waals surface area contributed by atoms with Crippen LogP contribution in [0, 0.1) is 11.8 Å². The summed E-state index contributed by atoms with van der Waals surface area (Å²) >= 11 is 0. The fourth-order valence-electron chi connectivity index (χ4n) is 3.89. The standard InChI is InChI=1S/C25H41N3O5/c1-11-16(4)13-25(10,18(6)29)27-21(30)19-12-17(5)14-28(19)22(31)20(15(2)3)26-23(32)33-24(7,8)9/h11,16-17,19-20H,1-2,12-14H2,3-10H3,(H,26,32)(H,27,30)/t16?,17?,19?,20-,25-/m0/s1. The monoisotopic (exact) mass is 463 g/mol. The fourth-order valence-corrected chi connectivity index (χ4v) is 3.89. The Bertz CT molecular complexity index is 800. The second-order valence-corrected chi connectivity index (χ2v) is 10.6. The van der Waals surface area contributed by atoms with E-state index in [1.807, 2.05) is 13.8 Å². The number of likely N-dealkylation sites (tertiary alicyclic amines) is 1. The van der Waals surface area contributed by atoms with Crippen molar-refractivity contribution in [3.05, 3.63) is 24.8 Å². The lowest BCUT2D eigenvalue weighted by Crippen LogP contribution is -2.59. The van der Waals surface area contributed by atoms with Gasteiger partial charge in [-0.25, -0.2) is 4.79 Å². The van der Waals surface area contributed by atoms with Crippen molar-refractivity contribution in [1.82, 2.24) is 15.5 Å². The van der Waals surface area contributed by atoms with Crippen LogP contribution in [-0.4, -0.2) is 58.4 Å². The van der Waals surface area contributed by atoms with Gasteiger partial charge in [0.2, 0.25) is 11.8 Å². The van der Waals surface area contributed by atoms with Crippen LogP contribution >= 0.6 is 0 Å². The van der Waals surface area contributed by atoms with Crippen molar-refractivity contribution in [2.75, 3.05) is 6.54 Å². The minimum absolute atomic E-state index is 0.0188. The van der Waals surface area contributed by atoms with Crippen molar-refractivity contribution < 1.29 is 23.9 Å². The highest BCUT2D eigenvalue weighted by molar-refractivity contribution is 5.96. The van der Waals surface area contributed by atoms with E-state index in [-0.39, 0.29) is 23.5 Å². The number of hydrogen-bond donors (Lipinski definition) is 2. The maximum atomic E-state index is 13.4. The molecule has 2 N–H and O–H groups in total.